The molecule has 2 atom stereocenters. The standard InChI is InChI=1S/C16H23NO2/c1-4-8-16(19)17(11-13(2)12-18)14(3)15-9-6-5-7-10-15/h4-10,13-14,18H,11-12H2,1-3H3/b8-4+/t13-,14-/m0/s1. The molecule has 0 aliphatic rings. The van der Waals surface area contributed by atoms with Gasteiger partial charge in [-0.3, -0.25) is 4.79 Å². The summed E-state index contributed by atoms with van der Waals surface area (Å²) in [5.41, 5.74) is 1.10. The maximum atomic E-state index is 12.2. The van der Waals surface area contributed by atoms with Gasteiger partial charge in [-0.25, -0.2) is 0 Å². The number of allylic oxidation sites excluding steroid dienone is 1. The number of carbonyl (C=O) groups excluding carboxylic acids is 1. The third-order valence-corrected chi connectivity index (χ3v) is 3.16. The van der Waals surface area contributed by atoms with Gasteiger partial charge < -0.3 is 10.0 Å². The molecule has 0 aromatic heterocycles. The van der Waals surface area contributed by atoms with Gasteiger partial charge in [0.2, 0.25) is 5.91 Å². The highest BCUT2D eigenvalue weighted by atomic mass is 16.3. The average Bonchev–Trinajstić information content (AvgIpc) is 2.44. The van der Waals surface area contributed by atoms with Crippen LogP contribution in [-0.4, -0.2) is 29.1 Å². The number of benzene rings is 1. The second kappa shape index (κ2) is 7.74. The number of aliphatic hydroxyl groups is 1. The highest BCUT2D eigenvalue weighted by Gasteiger charge is 2.21. The summed E-state index contributed by atoms with van der Waals surface area (Å²) in [6, 6.07) is 9.94. The second-order valence-corrected chi connectivity index (χ2v) is 4.87. The van der Waals surface area contributed by atoms with E-state index in [1.54, 1.807) is 17.1 Å². The van der Waals surface area contributed by atoms with Gasteiger partial charge in [0.15, 0.2) is 0 Å². The van der Waals surface area contributed by atoms with Crippen molar-refractivity contribution in [1.82, 2.24) is 4.90 Å². The number of carbonyl (C=O) groups is 1. The van der Waals surface area contributed by atoms with Gasteiger partial charge in [-0.2, -0.15) is 0 Å². The molecular formula is C16H23NO2. The first kappa shape index (κ1) is 15.4. The van der Waals surface area contributed by atoms with E-state index in [0.29, 0.717) is 6.54 Å². The quantitative estimate of drug-likeness (QED) is 0.800. The van der Waals surface area contributed by atoms with Crippen LogP contribution in [0.4, 0.5) is 0 Å². The number of aliphatic hydroxyl groups excluding tert-OH is 1. The molecule has 19 heavy (non-hydrogen) atoms. The Labute approximate surface area is 115 Å². The summed E-state index contributed by atoms with van der Waals surface area (Å²) in [5.74, 6) is 0.0551. The molecular weight excluding hydrogens is 238 g/mol. The maximum absolute atomic E-state index is 12.2. The van der Waals surface area contributed by atoms with Crippen molar-refractivity contribution in [2.75, 3.05) is 13.2 Å². The smallest absolute Gasteiger partial charge is 0.246 e. The van der Waals surface area contributed by atoms with Crippen molar-refractivity contribution < 1.29 is 9.90 Å². The van der Waals surface area contributed by atoms with Crippen LogP contribution in [0.5, 0.6) is 0 Å². The molecule has 1 rings (SSSR count). The Morgan fingerprint density at radius 3 is 2.47 bits per heavy atom. The van der Waals surface area contributed by atoms with Gasteiger partial charge in [-0.15, -0.1) is 0 Å². The minimum Gasteiger partial charge on any atom is -0.396 e. The van der Waals surface area contributed by atoms with Crippen LogP contribution in [0.2, 0.25) is 0 Å². The normalized spacial score (nSPS) is 14.3. The SMILES string of the molecule is C/C=C/C(=O)N(C[C@H](C)CO)[C@@H](C)c1ccccc1. The highest BCUT2D eigenvalue weighted by Crippen LogP contribution is 2.21. The molecule has 0 unspecified atom stereocenters. The first-order valence-corrected chi connectivity index (χ1v) is 6.69. The topological polar surface area (TPSA) is 40.5 Å². The van der Waals surface area contributed by atoms with Crippen LogP contribution in [0.15, 0.2) is 42.5 Å². The molecule has 0 radical (unpaired) electrons. The number of rotatable bonds is 6. The summed E-state index contributed by atoms with van der Waals surface area (Å²) >= 11 is 0. The molecule has 0 saturated heterocycles. The Morgan fingerprint density at radius 1 is 1.32 bits per heavy atom. The van der Waals surface area contributed by atoms with E-state index in [1.807, 2.05) is 51.1 Å². The van der Waals surface area contributed by atoms with E-state index in [-0.39, 0.29) is 24.5 Å². The van der Waals surface area contributed by atoms with E-state index >= 15 is 0 Å². The van der Waals surface area contributed by atoms with Crippen molar-refractivity contribution >= 4 is 5.91 Å². The predicted molar refractivity (Wildman–Crippen MR) is 77.6 cm³/mol. The highest BCUT2D eigenvalue weighted by molar-refractivity contribution is 5.87. The summed E-state index contributed by atoms with van der Waals surface area (Å²) in [7, 11) is 0. The van der Waals surface area contributed by atoms with E-state index in [4.69, 9.17) is 0 Å². The molecule has 0 spiro atoms. The van der Waals surface area contributed by atoms with Gasteiger partial charge in [0.1, 0.15) is 0 Å². The first-order valence-electron chi connectivity index (χ1n) is 6.69. The Hall–Kier alpha value is -1.61. The van der Waals surface area contributed by atoms with E-state index in [0.717, 1.165) is 5.56 Å². The molecule has 0 aliphatic heterocycles. The molecule has 0 heterocycles. The minimum atomic E-state index is -0.0147. The van der Waals surface area contributed by atoms with Crippen LogP contribution >= 0.6 is 0 Å². The lowest BCUT2D eigenvalue weighted by molar-refractivity contribution is -0.129. The molecule has 0 saturated carbocycles. The van der Waals surface area contributed by atoms with Gasteiger partial charge in [-0.05, 0) is 31.4 Å². The van der Waals surface area contributed by atoms with Gasteiger partial charge in [0.05, 0.1) is 6.04 Å². The Morgan fingerprint density at radius 2 is 1.95 bits per heavy atom. The fourth-order valence-corrected chi connectivity index (χ4v) is 1.98. The van der Waals surface area contributed by atoms with Crippen molar-refractivity contribution in [2.24, 2.45) is 5.92 Å². The monoisotopic (exact) mass is 261 g/mol. The van der Waals surface area contributed by atoms with Crippen molar-refractivity contribution in [3.05, 3.63) is 48.0 Å². The molecule has 3 nitrogen and oxygen atoms in total. The molecule has 104 valence electrons. The largest absolute Gasteiger partial charge is 0.396 e. The van der Waals surface area contributed by atoms with Gasteiger partial charge in [-0.1, -0.05) is 43.3 Å². The summed E-state index contributed by atoms with van der Waals surface area (Å²) in [4.78, 5) is 14.0. The van der Waals surface area contributed by atoms with Crippen LogP contribution in [-0.2, 0) is 4.79 Å². The van der Waals surface area contributed by atoms with Crippen LogP contribution in [0.25, 0.3) is 0 Å². The number of hydrogen-bond donors (Lipinski definition) is 1. The Kier molecular flexibility index (Phi) is 6.30. The fourth-order valence-electron chi connectivity index (χ4n) is 1.98. The second-order valence-electron chi connectivity index (χ2n) is 4.87. The Bertz CT molecular complexity index is 414. The lowest BCUT2D eigenvalue weighted by atomic mass is 10.0. The van der Waals surface area contributed by atoms with Crippen molar-refractivity contribution in [2.45, 2.75) is 26.8 Å². The summed E-state index contributed by atoms with van der Waals surface area (Å²) < 4.78 is 0. The molecule has 3 heteroatoms. The summed E-state index contributed by atoms with van der Waals surface area (Å²) in [6.07, 6.45) is 3.32. The van der Waals surface area contributed by atoms with E-state index in [1.165, 1.54) is 0 Å². The summed E-state index contributed by atoms with van der Waals surface area (Å²) in [6.45, 7) is 6.42. The fraction of sp³-hybridized carbons (Fsp3) is 0.438. The molecule has 1 N–H and O–H groups in total. The van der Waals surface area contributed by atoms with Crippen LogP contribution in [0, 0.1) is 5.92 Å². The molecule has 1 aromatic carbocycles. The maximum Gasteiger partial charge on any atom is 0.246 e. The van der Waals surface area contributed by atoms with Crippen LogP contribution < -0.4 is 0 Å². The summed E-state index contributed by atoms with van der Waals surface area (Å²) in [5, 5.41) is 9.19. The van der Waals surface area contributed by atoms with E-state index in [2.05, 4.69) is 0 Å². The third-order valence-electron chi connectivity index (χ3n) is 3.16. The lowest BCUT2D eigenvalue weighted by Crippen LogP contribution is -2.36. The van der Waals surface area contributed by atoms with Crippen molar-refractivity contribution in [3.8, 4) is 0 Å². The van der Waals surface area contributed by atoms with Crippen molar-refractivity contribution in [3.63, 3.8) is 0 Å². The van der Waals surface area contributed by atoms with Gasteiger partial charge in [0.25, 0.3) is 0 Å². The molecule has 0 fully saturated rings. The molecule has 0 aliphatic carbocycles. The first-order chi connectivity index (χ1) is 9.10. The predicted octanol–water partition coefficient (Wildman–Crippen LogP) is 2.78. The zero-order valence-corrected chi connectivity index (χ0v) is 11.9. The average molecular weight is 261 g/mol. The number of nitrogens with zero attached hydrogens (tertiary/aromatic N) is 1. The van der Waals surface area contributed by atoms with Crippen molar-refractivity contribution in [1.29, 1.82) is 0 Å². The zero-order chi connectivity index (χ0) is 14.3. The van der Waals surface area contributed by atoms with Gasteiger partial charge in [0, 0.05) is 13.2 Å². The third kappa shape index (κ3) is 4.52. The van der Waals surface area contributed by atoms with E-state index in [9.17, 15) is 9.90 Å². The van der Waals surface area contributed by atoms with E-state index < -0.39 is 0 Å². The number of amides is 1. The minimum absolute atomic E-state index is 0.00102. The molecule has 1 amide bonds. The lowest BCUT2D eigenvalue weighted by Gasteiger charge is -2.30. The van der Waals surface area contributed by atoms with Crippen LogP contribution in [0.3, 0.4) is 0 Å². The van der Waals surface area contributed by atoms with Gasteiger partial charge >= 0.3 is 0 Å². The Balaban J connectivity index is 2.92. The molecule has 0 bridgehead atoms. The molecule has 1 aromatic rings. The zero-order valence-electron chi connectivity index (χ0n) is 11.9. The van der Waals surface area contributed by atoms with Crippen LogP contribution in [0.1, 0.15) is 32.4 Å². The number of hydrogen-bond acceptors (Lipinski definition) is 2.